The smallest absolute Gasteiger partial charge is 0.382 e. The minimum Gasteiger partial charge on any atom is -0.382 e. The molecule has 3 heterocycles. The van der Waals surface area contributed by atoms with E-state index in [4.69, 9.17) is 16.2 Å². The summed E-state index contributed by atoms with van der Waals surface area (Å²) in [5, 5.41) is 3.92. The van der Waals surface area contributed by atoms with Crippen molar-refractivity contribution in [2.75, 3.05) is 30.3 Å². The highest BCUT2D eigenvalue weighted by Crippen LogP contribution is 2.39. The predicted octanol–water partition coefficient (Wildman–Crippen LogP) is 1.05. The molecule has 0 radical (unpaired) electrons. The maximum Gasteiger partial charge on any atom is 0.418 e. The van der Waals surface area contributed by atoms with Crippen LogP contribution in [0.4, 0.5) is 24.8 Å². The summed E-state index contributed by atoms with van der Waals surface area (Å²) < 4.78 is 47.1. The lowest BCUT2D eigenvalue weighted by molar-refractivity contribution is -0.152. The van der Waals surface area contributed by atoms with Crippen molar-refractivity contribution >= 4 is 23.1 Å². The molecular weight excluding hydrogens is 353 g/mol. The second-order valence-electron chi connectivity index (χ2n) is 6.50. The summed E-state index contributed by atoms with van der Waals surface area (Å²) >= 11 is 0. The molecule has 1 saturated heterocycles. The van der Waals surface area contributed by atoms with Crippen LogP contribution < -0.4 is 16.4 Å². The average molecular weight is 372 g/mol. The zero-order valence-electron chi connectivity index (χ0n) is 14.2. The van der Waals surface area contributed by atoms with Gasteiger partial charge in [0.05, 0.1) is 18.7 Å². The van der Waals surface area contributed by atoms with Crippen LogP contribution in [0.2, 0.25) is 0 Å². The molecule has 2 aromatic heterocycles. The van der Waals surface area contributed by atoms with Crippen molar-refractivity contribution in [2.24, 2.45) is 11.7 Å². The van der Waals surface area contributed by atoms with Gasteiger partial charge in [0.25, 0.3) is 5.91 Å². The van der Waals surface area contributed by atoms with Crippen molar-refractivity contribution in [1.82, 2.24) is 14.6 Å². The Hall–Kier alpha value is -2.56. The van der Waals surface area contributed by atoms with Crippen LogP contribution in [0.1, 0.15) is 19.4 Å². The van der Waals surface area contributed by atoms with Gasteiger partial charge in [-0.05, 0) is 12.0 Å². The van der Waals surface area contributed by atoms with Gasteiger partial charge in [0, 0.05) is 6.54 Å². The number of hydrogen-bond donors (Lipinski definition) is 2. The Morgan fingerprint density at radius 1 is 1.42 bits per heavy atom. The summed E-state index contributed by atoms with van der Waals surface area (Å²) in [7, 11) is 0. The van der Waals surface area contributed by atoms with Crippen LogP contribution in [0.3, 0.4) is 0 Å². The van der Waals surface area contributed by atoms with E-state index in [9.17, 15) is 18.0 Å². The first kappa shape index (κ1) is 18.2. The summed E-state index contributed by atoms with van der Waals surface area (Å²) in [6, 6.07) is 0.956. The van der Waals surface area contributed by atoms with E-state index in [0.29, 0.717) is 0 Å². The van der Waals surface area contributed by atoms with E-state index >= 15 is 0 Å². The fourth-order valence-corrected chi connectivity index (χ4v) is 3.22. The number of alkyl halides is 3. The molecule has 8 nitrogen and oxygen atoms in total. The van der Waals surface area contributed by atoms with E-state index in [2.05, 4.69) is 10.1 Å². The van der Waals surface area contributed by atoms with Crippen LogP contribution in [-0.4, -0.2) is 45.8 Å². The fraction of sp³-hybridized carbons (Fsp3) is 0.533. The molecule has 26 heavy (non-hydrogen) atoms. The molecule has 1 unspecified atom stereocenters. The number of fused-ring (bicyclic) bond motifs is 1. The number of nitrogen functional groups attached to an aromatic ring is 1. The number of ether oxygens (including phenoxy) is 1. The molecule has 0 saturated carbocycles. The van der Waals surface area contributed by atoms with Crippen molar-refractivity contribution in [3.05, 3.63) is 18.0 Å². The number of nitrogens with zero attached hydrogens (tertiary/aromatic N) is 4. The maximum atomic E-state index is 13.4. The highest BCUT2D eigenvalue weighted by atomic mass is 19.4. The lowest BCUT2D eigenvalue weighted by Crippen LogP contribution is -2.62. The van der Waals surface area contributed by atoms with Gasteiger partial charge in [0.15, 0.2) is 11.4 Å². The van der Waals surface area contributed by atoms with E-state index < -0.39 is 23.2 Å². The lowest BCUT2D eigenvalue weighted by atomic mass is 9.87. The van der Waals surface area contributed by atoms with Gasteiger partial charge in [0.2, 0.25) is 0 Å². The van der Waals surface area contributed by atoms with Gasteiger partial charge in [0.1, 0.15) is 17.7 Å². The van der Waals surface area contributed by atoms with Gasteiger partial charge >= 0.3 is 6.18 Å². The van der Waals surface area contributed by atoms with Gasteiger partial charge in [-0.25, -0.2) is 9.50 Å². The Morgan fingerprint density at radius 3 is 2.69 bits per heavy atom. The molecule has 0 spiro atoms. The van der Waals surface area contributed by atoms with Gasteiger partial charge in [-0.3, -0.25) is 4.79 Å². The summed E-state index contributed by atoms with van der Waals surface area (Å²) in [6.45, 7) is 3.95. The standard InChI is InChI=1S/C15H19F3N6O2/c1-8(2)14(13(20)25)6-23(3-4-26-14)10-5-9(15(16,17)18)11-12(19)21-7-22-24(10)11/h5,7-8H,3-4,6H2,1-2H3,(H2,20,25)(H2,19,21,22). The Morgan fingerprint density at radius 2 is 2.12 bits per heavy atom. The first-order valence-electron chi connectivity index (χ1n) is 7.96. The minimum atomic E-state index is -4.63. The summed E-state index contributed by atoms with van der Waals surface area (Å²) in [5.74, 6) is -1.06. The van der Waals surface area contributed by atoms with Crippen molar-refractivity contribution in [3.63, 3.8) is 0 Å². The molecule has 2 aromatic rings. The topological polar surface area (TPSA) is 112 Å². The van der Waals surface area contributed by atoms with E-state index in [1.54, 1.807) is 18.7 Å². The van der Waals surface area contributed by atoms with Crippen LogP contribution in [0.15, 0.2) is 12.4 Å². The van der Waals surface area contributed by atoms with Crippen molar-refractivity contribution in [1.29, 1.82) is 0 Å². The number of morpholine rings is 1. The van der Waals surface area contributed by atoms with Gasteiger partial charge < -0.3 is 21.1 Å². The summed E-state index contributed by atoms with van der Waals surface area (Å²) in [6.07, 6.45) is -3.55. The third kappa shape index (κ3) is 2.71. The number of carbonyl (C=O) groups is 1. The number of nitrogens with two attached hydrogens (primary N) is 2. The predicted molar refractivity (Wildman–Crippen MR) is 87.3 cm³/mol. The van der Waals surface area contributed by atoms with Crippen molar-refractivity contribution < 1.29 is 22.7 Å². The lowest BCUT2D eigenvalue weighted by Gasteiger charge is -2.43. The zero-order valence-corrected chi connectivity index (χ0v) is 14.2. The Kier molecular flexibility index (Phi) is 4.21. The first-order valence-corrected chi connectivity index (χ1v) is 7.96. The number of primary amides is 1. The number of carbonyl (C=O) groups excluding carboxylic acids is 1. The van der Waals surface area contributed by atoms with Crippen molar-refractivity contribution in [2.45, 2.75) is 25.6 Å². The number of hydrogen-bond acceptors (Lipinski definition) is 6. The summed E-state index contributed by atoms with van der Waals surface area (Å²) in [4.78, 5) is 17.3. The molecule has 1 atom stereocenters. The van der Waals surface area contributed by atoms with Gasteiger partial charge in [-0.1, -0.05) is 13.8 Å². The fourth-order valence-electron chi connectivity index (χ4n) is 3.22. The highest BCUT2D eigenvalue weighted by molar-refractivity contribution is 5.85. The number of halogens is 3. The molecule has 1 aliphatic heterocycles. The van der Waals surface area contributed by atoms with Crippen LogP contribution in [0.25, 0.3) is 5.52 Å². The number of amides is 1. The SMILES string of the molecule is CC(C)C1(C(N)=O)CN(c2cc(C(F)(F)F)c3c(N)ncnn23)CCO1. The second kappa shape index (κ2) is 6.01. The molecule has 0 aliphatic carbocycles. The monoisotopic (exact) mass is 372 g/mol. The van der Waals surface area contributed by atoms with Crippen LogP contribution in [-0.2, 0) is 15.7 Å². The maximum absolute atomic E-state index is 13.4. The highest BCUT2D eigenvalue weighted by Gasteiger charge is 2.46. The number of aromatic nitrogens is 3. The molecule has 0 bridgehead atoms. The molecule has 1 fully saturated rings. The number of rotatable bonds is 3. The molecular formula is C15H19F3N6O2. The molecule has 0 aromatic carbocycles. The third-order valence-electron chi connectivity index (χ3n) is 4.69. The molecule has 1 amide bonds. The Labute approximate surface area is 146 Å². The van der Waals surface area contributed by atoms with Crippen LogP contribution in [0, 0.1) is 5.92 Å². The van der Waals surface area contributed by atoms with E-state index in [1.165, 1.54) is 0 Å². The first-order chi connectivity index (χ1) is 12.1. The average Bonchev–Trinajstić information content (AvgIpc) is 2.96. The van der Waals surface area contributed by atoms with Crippen molar-refractivity contribution in [3.8, 4) is 0 Å². The zero-order chi connectivity index (χ0) is 19.3. The van der Waals surface area contributed by atoms with Gasteiger partial charge in [-0.15, -0.1) is 0 Å². The van der Waals surface area contributed by atoms with Gasteiger partial charge in [-0.2, -0.15) is 18.3 Å². The molecule has 3 rings (SSSR count). The molecule has 11 heteroatoms. The third-order valence-corrected chi connectivity index (χ3v) is 4.69. The summed E-state index contributed by atoms with van der Waals surface area (Å²) in [5.41, 5.74) is 8.62. The molecule has 142 valence electrons. The number of anilines is 2. The van der Waals surface area contributed by atoms with Crippen LogP contribution >= 0.6 is 0 Å². The normalized spacial score (nSPS) is 21.5. The minimum absolute atomic E-state index is 0.00726. The molecule has 1 aliphatic rings. The quantitative estimate of drug-likeness (QED) is 0.833. The molecule has 4 N–H and O–H groups in total. The Balaban J connectivity index is 2.14. The van der Waals surface area contributed by atoms with Crippen LogP contribution in [0.5, 0.6) is 0 Å². The van der Waals surface area contributed by atoms with E-state index in [0.717, 1.165) is 16.9 Å². The van der Waals surface area contributed by atoms with E-state index in [-0.39, 0.29) is 42.8 Å². The van der Waals surface area contributed by atoms with E-state index in [1.807, 2.05) is 0 Å². The second-order valence-corrected chi connectivity index (χ2v) is 6.50. The Bertz CT molecular complexity index is 850. The largest absolute Gasteiger partial charge is 0.418 e.